The maximum absolute atomic E-state index is 13.2. The van der Waals surface area contributed by atoms with E-state index in [4.69, 9.17) is 0 Å². The highest BCUT2D eigenvalue weighted by molar-refractivity contribution is 5.70. The zero-order valence-electron chi connectivity index (χ0n) is 10.3. The Balaban J connectivity index is 3.10. The zero-order valence-corrected chi connectivity index (χ0v) is 10.3. The van der Waals surface area contributed by atoms with Crippen molar-refractivity contribution in [1.82, 2.24) is 5.32 Å². The Morgan fingerprint density at radius 2 is 2.00 bits per heavy atom. The van der Waals surface area contributed by atoms with Crippen molar-refractivity contribution in [3.8, 4) is 0 Å². The molecule has 1 rings (SSSR count). The summed E-state index contributed by atoms with van der Waals surface area (Å²) in [5.74, 6) is -1.60. The predicted molar refractivity (Wildman–Crippen MR) is 59.8 cm³/mol. The summed E-state index contributed by atoms with van der Waals surface area (Å²) in [5, 5.41) is 2.65. The van der Waals surface area contributed by atoms with Crippen molar-refractivity contribution in [3.05, 3.63) is 35.1 Å². The van der Waals surface area contributed by atoms with Gasteiger partial charge in [0.05, 0.1) is 19.1 Å². The second-order valence-corrected chi connectivity index (χ2v) is 3.89. The second-order valence-electron chi connectivity index (χ2n) is 3.89. The highest BCUT2D eigenvalue weighted by Gasteiger charge is 2.32. The average molecular weight is 279 g/mol. The number of rotatable bonds is 4. The van der Waals surface area contributed by atoms with E-state index in [1.54, 1.807) is 0 Å². The number of carbonyl (C=O) groups is 1. The van der Waals surface area contributed by atoms with Crippen LogP contribution in [0.4, 0.5) is 17.6 Å². The number of carbonyl (C=O) groups excluding carboxylic acids is 1. The maximum Gasteiger partial charge on any atom is 0.416 e. The molecule has 1 N–H and O–H groups in total. The van der Waals surface area contributed by atoms with Crippen LogP contribution >= 0.6 is 0 Å². The van der Waals surface area contributed by atoms with E-state index in [0.717, 1.165) is 12.1 Å². The molecule has 0 radical (unpaired) electrons. The van der Waals surface area contributed by atoms with Gasteiger partial charge >= 0.3 is 12.1 Å². The Hall–Kier alpha value is -1.63. The summed E-state index contributed by atoms with van der Waals surface area (Å²) < 4.78 is 55.4. The number of methoxy groups -OCH3 is 1. The third-order valence-corrected chi connectivity index (χ3v) is 2.60. The van der Waals surface area contributed by atoms with Gasteiger partial charge < -0.3 is 10.1 Å². The zero-order chi connectivity index (χ0) is 14.6. The van der Waals surface area contributed by atoms with Crippen molar-refractivity contribution >= 4 is 5.97 Å². The molecule has 0 aliphatic carbocycles. The average Bonchev–Trinajstić information content (AvgIpc) is 2.33. The summed E-state index contributed by atoms with van der Waals surface area (Å²) in [6.07, 6.45) is -4.83. The summed E-state index contributed by atoms with van der Waals surface area (Å²) in [5.41, 5.74) is -1.05. The van der Waals surface area contributed by atoms with Gasteiger partial charge in [-0.3, -0.25) is 4.79 Å². The summed E-state index contributed by atoms with van der Waals surface area (Å²) >= 11 is 0. The predicted octanol–water partition coefficient (Wildman–Crippen LogP) is 2.67. The van der Waals surface area contributed by atoms with E-state index in [2.05, 4.69) is 10.1 Å². The van der Waals surface area contributed by atoms with Crippen molar-refractivity contribution in [2.45, 2.75) is 18.6 Å². The van der Waals surface area contributed by atoms with Crippen LogP contribution in [0, 0.1) is 5.82 Å². The maximum atomic E-state index is 13.2. The first-order valence-corrected chi connectivity index (χ1v) is 5.39. The molecule has 0 bridgehead atoms. The number of halogens is 4. The number of ether oxygens (including phenoxy) is 1. The molecule has 0 saturated heterocycles. The molecule has 0 heterocycles. The standard InChI is InChI=1S/C12H13F4NO2/c1-17-10(6-11(18)19-2)7-3-8(12(14,15)16)5-9(13)4-7/h3-5,10,17H,6H2,1-2H3. The minimum absolute atomic E-state index is 0.0419. The fourth-order valence-electron chi connectivity index (χ4n) is 1.61. The summed E-state index contributed by atoms with van der Waals surface area (Å²) in [6.45, 7) is 0. The Labute approximate surface area is 107 Å². The Morgan fingerprint density at radius 1 is 1.37 bits per heavy atom. The molecule has 0 spiro atoms. The molecule has 0 aliphatic rings. The van der Waals surface area contributed by atoms with Gasteiger partial charge in [-0.15, -0.1) is 0 Å². The Kier molecular flexibility index (Phi) is 4.88. The lowest BCUT2D eigenvalue weighted by molar-refractivity contribution is -0.141. The number of benzene rings is 1. The molecule has 0 fully saturated rings. The lowest BCUT2D eigenvalue weighted by Crippen LogP contribution is -2.21. The fraction of sp³-hybridized carbons (Fsp3) is 0.417. The summed E-state index contributed by atoms with van der Waals surface area (Å²) in [6, 6.07) is 1.44. The molecule has 0 amide bonds. The van der Waals surface area contributed by atoms with E-state index in [1.807, 2.05) is 0 Å². The van der Waals surface area contributed by atoms with E-state index < -0.39 is 29.6 Å². The molecule has 1 atom stereocenters. The van der Waals surface area contributed by atoms with Crippen LogP contribution in [0.15, 0.2) is 18.2 Å². The second kappa shape index (κ2) is 6.01. The first kappa shape index (κ1) is 15.4. The molecule has 1 aromatic rings. The highest BCUT2D eigenvalue weighted by atomic mass is 19.4. The van der Waals surface area contributed by atoms with Gasteiger partial charge in [0.2, 0.25) is 0 Å². The van der Waals surface area contributed by atoms with Crippen molar-refractivity contribution in [1.29, 1.82) is 0 Å². The molecule has 7 heteroatoms. The van der Waals surface area contributed by atoms with E-state index in [1.165, 1.54) is 14.2 Å². The van der Waals surface area contributed by atoms with Gasteiger partial charge in [-0.1, -0.05) is 0 Å². The smallest absolute Gasteiger partial charge is 0.416 e. The minimum Gasteiger partial charge on any atom is -0.469 e. The van der Waals surface area contributed by atoms with E-state index in [9.17, 15) is 22.4 Å². The summed E-state index contributed by atoms with van der Waals surface area (Å²) in [7, 11) is 2.63. The van der Waals surface area contributed by atoms with Crippen molar-refractivity contribution in [2.75, 3.05) is 14.2 Å². The van der Waals surface area contributed by atoms with Crippen LogP contribution in [-0.2, 0) is 15.7 Å². The molecule has 0 aliphatic heterocycles. The molecule has 3 nitrogen and oxygen atoms in total. The number of nitrogens with one attached hydrogen (secondary N) is 1. The quantitative estimate of drug-likeness (QED) is 0.680. The van der Waals surface area contributed by atoms with Crippen LogP contribution in [0.2, 0.25) is 0 Å². The van der Waals surface area contributed by atoms with Gasteiger partial charge in [-0.2, -0.15) is 13.2 Å². The number of hydrogen-bond donors (Lipinski definition) is 1. The van der Waals surface area contributed by atoms with E-state index in [0.29, 0.717) is 6.07 Å². The molecule has 0 saturated carbocycles. The van der Waals surface area contributed by atoms with Crippen molar-refractivity contribution in [3.63, 3.8) is 0 Å². The van der Waals surface area contributed by atoms with Gasteiger partial charge in [0, 0.05) is 6.04 Å². The highest BCUT2D eigenvalue weighted by Crippen LogP contribution is 2.32. The van der Waals surface area contributed by atoms with Gasteiger partial charge in [0.15, 0.2) is 0 Å². The first-order chi connectivity index (χ1) is 8.77. The number of hydrogen-bond acceptors (Lipinski definition) is 3. The molecular formula is C12H13F4NO2. The third-order valence-electron chi connectivity index (χ3n) is 2.60. The van der Waals surface area contributed by atoms with Crippen LogP contribution in [0.5, 0.6) is 0 Å². The molecule has 1 aromatic carbocycles. The summed E-state index contributed by atoms with van der Waals surface area (Å²) in [4.78, 5) is 11.1. The lowest BCUT2D eigenvalue weighted by atomic mass is 10.0. The molecule has 106 valence electrons. The van der Waals surface area contributed by atoms with E-state index >= 15 is 0 Å². The van der Waals surface area contributed by atoms with Crippen LogP contribution < -0.4 is 5.32 Å². The van der Waals surface area contributed by atoms with Crippen LogP contribution in [0.3, 0.4) is 0 Å². The van der Waals surface area contributed by atoms with Gasteiger partial charge in [-0.05, 0) is 30.8 Å². The van der Waals surface area contributed by atoms with Gasteiger partial charge in [-0.25, -0.2) is 4.39 Å². The van der Waals surface area contributed by atoms with Crippen molar-refractivity contribution in [2.24, 2.45) is 0 Å². The minimum atomic E-state index is -4.64. The monoisotopic (exact) mass is 279 g/mol. The molecule has 1 unspecified atom stereocenters. The topological polar surface area (TPSA) is 38.3 Å². The van der Waals surface area contributed by atoms with Gasteiger partial charge in [0.25, 0.3) is 0 Å². The van der Waals surface area contributed by atoms with Gasteiger partial charge in [0.1, 0.15) is 5.82 Å². The van der Waals surface area contributed by atoms with Crippen LogP contribution in [-0.4, -0.2) is 20.1 Å². The fourth-order valence-corrected chi connectivity index (χ4v) is 1.61. The van der Waals surface area contributed by atoms with Crippen molar-refractivity contribution < 1.29 is 27.1 Å². The first-order valence-electron chi connectivity index (χ1n) is 5.39. The number of alkyl halides is 3. The Morgan fingerprint density at radius 3 is 2.47 bits per heavy atom. The molecule has 19 heavy (non-hydrogen) atoms. The SMILES string of the molecule is CNC(CC(=O)OC)c1cc(F)cc(C(F)(F)F)c1. The van der Waals surface area contributed by atoms with Crippen LogP contribution in [0.25, 0.3) is 0 Å². The number of esters is 1. The molecular weight excluding hydrogens is 266 g/mol. The normalized spacial score (nSPS) is 13.2. The van der Waals surface area contributed by atoms with E-state index in [-0.39, 0.29) is 12.0 Å². The third kappa shape index (κ3) is 4.20. The lowest BCUT2D eigenvalue weighted by Gasteiger charge is -2.17. The molecule has 0 aromatic heterocycles. The largest absolute Gasteiger partial charge is 0.469 e. The van der Waals surface area contributed by atoms with Crippen LogP contribution in [0.1, 0.15) is 23.6 Å². The Bertz CT molecular complexity index is 460.